The highest BCUT2D eigenvalue weighted by Crippen LogP contribution is 2.60. The number of nitrogens with one attached hydrogen (secondary N) is 2. The van der Waals surface area contributed by atoms with Gasteiger partial charge in [0.2, 0.25) is 5.79 Å². The molecule has 1 aromatic carbocycles. The average molecular weight is 489 g/mol. The molecule has 4 aliphatic heterocycles. The summed E-state index contributed by atoms with van der Waals surface area (Å²) in [4.78, 5) is 24.3. The number of aryl methyl sites for hydroxylation is 1. The zero-order valence-corrected chi connectivity index (χ0v) is 21.6. The first-order valence-electron chi connectivity index (χ1n) is 13.2. The number of carbonyl (C=O) groups is 1. The molecule has 35 heavy (non-hydrogen) atoms. The van der Waals surface area contributed by atoms with Gasteiger partial charge in [-0.3, -0.25) is 0 Å². The molecule has 2 amide bonds. The lowest BCUT2D eigenvalue weighted by atomic mass is 9.58. The Balaban J connectivity index is 1.15. The quantitative estimate of drug-likeness (QED) is 0.431. The van der Waals surface area contributed by atoms with Gasteiger partial charge in [-0.25, -0.2) is 14.6 Å². The van der Waals surface area contributed by atoms with Crippen LogP contribution in [0.3, 0.4) is 0 Å². The molecule has 8 atom stereocenters. The normalized spacial score (nSPS) is 40.0. The van der Waals surface area contributed by atoms with E-state index in [1.807, 2.05) is 39.0 Å². The van der Waals surface area contributed by atoms with Crippen LogP contribution in [0.4, 0.5) is 10.5 Å². The lowest BCUT2D eigenvalue weighted by Gasteiger charge is -2.60. The third-order valence-corrected chi connectivity index (χ3v) is 8.84. The van der Waals surface area contributed by atoms with Crippen LogP contribution in [0.25, 0.3) is 0 Å². The molecule has 2 N–H and O–H groups in total. The topological polar surface area (TPSA) is 87.3 Å². The van der Waals surface area contributed by atoms with Gasteiger partial charge < -0.3 is 24.8 Å². The first-order chi connectivity index (χ1) is 16.7. The number of urea groups is 1. The molecule has 0 unspecified atom stereocenters. The van der Waals surface area contributed by atoms with Gasteiger partial charge in [0.15, 0.2) is 18.2 Å². The Morgan fingerprint density at radius 2 is 1.97 bits per heavy atom. The molecule has 4 saturated heterocycles. The number of fused-ring (bicyclic) bond motifs is 2. The molecule has 0 aromatic heterocycles. The number of ether oxygens (including phenoxy) is 3. The molecule has 2 bridgehead atoms. The zero-order chi connectivity index (χ0) is 24.8. The summed E-state index contributed by atoms with van der Waals surface area (Å²) in [5.74, 6) is 0.498. The fraction of sp³-hybridized carbons (Fsp3) is 0.741. The van der Waals surface area contributed by atoms with Crippen molar-refractivity contribution in [2.24, 2.45) is 23.7 Å². The van der Waals surface area contributed by atoms with Crippen LogP contribution in [0.5, 0.6) is 0 Å². The van der Waals surface area contributed by atoms with E-state index in [-0.39, 0.29) is 24.2 Å². The molecule has 1 spiro atoms. The van der Waals surface area contributed by atoms with Crippen LogP contribution in [0.15, 0.2) is 18.2 Å². The minimum Gasteiger partial charge on any atom is -0.352 e. The lowest BCUT2D eigenvalue weighted by molar-refractivity contribution is -0.577. The van der Waals surface area contributed by atoms with E-state index in [1.54, 1.807) is 0 Å². The highest BCUT2D eigenvalue weighted by molar-refractivity contribution is 5.90. The molecule has 1 aromatic rings. The number of hydrogen-bond donors (Lipinski definition) is 2. The van der Waals surface area contributed by atoms with Crippen LogP contribution in [0.2, 0.25) is 0 Å². The van der Waals surface area contributed by atoms with Crippen molar-refractivity contribution in [3.63, 3.8) is 0 Å². The smallest absolute Gasteiger partial charge is 0.319 e. The second-order valence-electron chi connectivity index (χ2n) is 11.1. The van der Waals surface area contributed by atoms with E-state index in [0.29, 0.717) is 31.4 Å². The largest absolute Gasteiger partial charge is 0.352 e. The molecular formula is C27H40N2O6. The number of amides is 2. The van der Waals surface area contributed by atoms with Crippen LogP contribution in [-0.4, -0.2) is 43.2 Å². The summed E-state index contributed by atoms with van der Waals surface area (Å²) >= 11 is 0. The van der Waals surface area contributed by atoms with Gasteiger partial charge in [-0.15, -0.1) is 0 Å². The van der Waals surface area contributed by atoms with Gasteiger partial charge in [0, 0.05) is 30.5 Å². The van der Waals surface area contributed by atoms with Crippen LogP contribution in [-0.2, 0) is 24.0 Å². The maximum Gasteiger partial charge on any atom is 0.319 e. The van der Waals surface area contributed by atoms with Crippen LogP contribution < -0.4 is 10.6 Å². The number of rotatable bonds is 6. The van der Waals surface area contributed by atoms with Gasteiger partial charge in [-0.2, -0.15) is 0 Å². The molecule has 5 aliphatic rings. The van der Waals surface area contributed by atoms with E-state index in [1.165, 1.54) is 6.42 Å². The van der Waals surface area contributed by atoms with Crippen molar-refractivity contribution < 1.29 is 28.8 Å². The third kappa shape index (κ3) is 4.48. The molecule has 8 nitrogen and oxygen atoms in total. The Bertz CT molecular complexity index is 942. The fourth-order valence-electron chi connectivity index (χ4n) is 6.59. The minimum atomic E-state index is -0.782. The second-order valence-corrected chi connectivity index (χ2v) is 11.1. The summed E-state index contributed by atoms with van der Waals surface area (Å²) in [6, 6.07) is 5.68. The highest BCUT2D eigenvalue weighted by atomic mass is 17.3. The Morgan fingerprint density at radius 3 is 2.80 bits per heavy atom. The predicted molar refractivity (Wildman–Crippen MR) is 130 cm³/mol. The van der Waals surface area contributed by atoms with Gasteiger partial charge in [-0.1, -0.05) is 26.0 Å². The maximum atomic E-state index is 12.3. The van der Waals surface area contributed by atoms with Crippen molar-refractivity contribution in [2.75, 3.05) is 18.5 Å². The predicted octanol–water partition coefficient (Wildman–Crippen LogP) is 5.04. The minimum absolute atomic E-state index is 0.149. The monoisotopic (exact) mass is 488 g/mol. The van der Waals surface area contributed by atoms with E-state index in [4.69, 9.17) is 24.0 Å². The molecule has 6 rings (SSSR count). The first kappa shape index (κ1) is 25.0. The van der Waals surface area contributed by atoms with E-state index < -0.39 is 17.7 Å². The SMILES string of the molecule is Cc1cccc(NC(=O)NCCCO[C@@H]2O[C@@H]3O[C@]4(C)CC[C@H]5[C@H](C)CC[C@@H]([C@H]2C)[C@@]35OO4)c1C. The molecule has 5 fully saturated rings. The van der Waals surface area contributed by atoms with E-state index >= 15 is 0 Å². The molecule has 1 saturated carbocycles. The number of benzene rings is 1. The fourth-order valence-corrected chi connectivity index (χ4v) is 6.59. The number of hydrogen-bond acceptors (Lipinski definition) is 6. The Morgan fingerprint density at radius 1 is 1.14 bits per heavy atom. The lowest BCUT2D eigenvalue weighted by Crippen LogP contribution is -2.70. The van der Waals surface area contributed by atoms with Crippen LogP contribution in [0, 0.1) is 37.5 Å². The summed E-state index contributed by atoms with van der Waals surface area (Å²) in [5, 5.41) is 5.84. The standard InChI is InChI=1S/C27H40N2O6/c1-16-8-6-9-22(18(16)3)29-25(30)28-14-7-15-31-23-19(4)21-11-10-17(2)20-12-13-26(5)33-24(32-23)27(20,21)35-34-26/h6,8-9,17,19-21,23-24H,7,10-15H2,1-5H3,(H2,28,29,30)/t17-,19-,20+,21+,23-,24-,26+,27-/m1/s1. The first-order valence-corrected chi connectivity index (χ1v) is 13.2. The average Bonchev–Trinajstić information content (AvgIpc) is 3.05. The Hall–Kier alpha value is -1.71. The number of anilines is 1. The summed E-state index contributed by atoms with van der Waals surface area (Å²) < 4.78 is 19.0. The summed E-state index contributed by atoms with van der Waals surface area (Å²) in [6.07, 6.45) is 3.84. The molecule has 1 aliphatic carbocycles. The van der Waals surface area contributed by atoms with E-state index in [9.17, 15) is 4.79 Å². The van der Waals surface area contributed by atoms with Crippen molar-refractivity contribution in [3.05, 3.63) is 29.3 Å². The molecule has 8 heteroatoms. The highest BCUT2D eigenvalue weighted by Gasteiger charge is 2.69. The molecule has 0 radical (unpaired) electrons. The molecule has 194 valence electrons. The van der Waals surface area contributed by atoms with Crippen molar-refractivity contribution in [1.82, 2.24) is 5.32 Å². The Kier molecular flexibility index (Phi) is 6.87. The van der Waals surface area contributed by atoms with Crippen molar-refractivity contribution in [3.8, 4) is 0 Å². The van der Waals surface area contributed by atoms with Gasteiger partial charge in [0.25, 0.3) is 0 Å². The van der Waals surface area contributed by atoms with Gasteiger partial charge >= 0.3 is 6.03 Å². The van der Waals surface area contributed by atoms with Crippen molar-refractivity contribution >= 4 is 11.7 Å². The van der Waals surface area contributed by atoms with E-state index in [0.717, 1.165) is 36.1 Å². The van der Waals surface area contributed by atoms with Crippen molar-refractivity contribution in [2.45, 2.75) is 90.7 Å². The number of carbonyl (C=O) groups excluding carboxylic acids is 1. The maximum absolute atomic E-state index is 12.3. The van der Waals surface area contributed by atoms with Gasteiger partial charge in [0.1, 0.15) is 0 Å². The van der Waals surface area contributed by atoms with Crippen LogP contribution in [0.1, 0.15) is 64.0 Å². The molecular weight excluding hydrogens is 448 g/mol. The Labute approximate surface area is 208 Å². The summed E-state index contributed by atoms with van der Waals surface area (Å²) in [7, 11) is 0. The van der Waals surface area contributed by atoms with Crippen molar-refractivity contribution in [1.29, 1.82) is 0 Å². The van der Waals surface area contributed by atoms with Gasteiger partial charge in [0.05, 0.1) is 6.61 Å². The second kappa shape index (κ2) is 9.63. The summed E-state index contributed by atoms with van der Waals surface area (Å²) in [6.45, 7) is 11.5. The van der Waals surface area contributed by atoms with Crippen LogP contribution >= 0.6 is 0 Å². The van der Waals surface area contributed by atoms with E-state index in [2.05, 4.69) is 24.5 Å². The summed E-state index contributed by atoms with van der Waals surface area (Å²) in [5.41, 5.74) is 2.48. The van der Waals surface area contributed by atoms with Gasteiger partial charge in [-0.05, 0) is 75.5 Å². The zero-order valence-electron chi connectivity index (χ0n) is 21.6. The third-order valence-electron chi connectivity index (χ3n) is 8.84. The molecule has 4 heterocycles.